The first-order valence-corrected chi connectivity index (χ1v) is 14.4. The van der Waals surface area contributed by atoms with Crippen molar-refractivity contribution in [3.8, 4) is 0 Å². The van der Waals surface area contributed by atoms with Crippen molar-refractivity contribution in [2.45, 2.75) is 87.8 Å². The highest BCUT2D eigenvalue weighted by Gasteiger charge is 2.62. The van der Waals surface area contributed by atoms with Gasteiger partial charge in [-0.3, -0.25) is 19.1 Å². The number of rotatable bonds is 4. The largest absolute Gasteiger partial charge is 0.465 e. The number of carbonyl (C=O) groups is 4. The second-order valence-corrected chi connectivity index (χ2v) is 13.1. The van der Waals surface area contributed by atoms with Crippen LogP contribution in [0, 0.1) is 17.8 Å². The summed E-state index contributed by atoms with van der Waals surface area (Å²) in [5.41, 5.74) is -1.48. The molecule has 4 aliphatic rings. The summed E-state index contributed by atoms with van der Waals surface area (Å²) >= 11 is 0. The number of hydrogen-bond acceptors (Lipinski definition) is 7. The zero-order chi connectivity index (χ0) is 27.1. The van der Waals surface area contributed by atoms with E-state index in [1.165, 1.54) is 4.90 Å². The first kappa shape index (κ1) is 27.4. The number of aliphatic hydroxyl groups is 1. The average molecular weight is 541 g/mol. The summed E-state index contributed by atoms with van der Waals surface area (Å²) in [5, 5.41) is 24.1. The van der Waals surface area contributed by atoms with Gasteiger partial charge >= 0.3 is 6.09 Å². The third-order valence-corrected chi connectivity index (χ3v) is 9.73. The van der Waals surface area contributed by atoms with Crippen molar-refractivity contribution < 1.29 is 37.8 Å². The lowest BCUT2D eigenvalue weighted by atomic mass is 9.88. The van der Waals surface area contributed by atoms with E-state index in [1.54, 1.807) is 6.92 Å². The first-order chi connectivity index (χ1) is 17.3. The Kier molecular flexibility index (Phi) is 7.57. The Balaban J connectivity index is 1.63. The minimum absolute atomic E-state index is 0.0826. The van der Waals surface area contributed by atoms with Crippen LogP contribution in [0.15, 0.2) is 12.2 Å². The Morgan fingerprint density at radius 2 is 1.86 bits per heavy atom. The normalized spacial score (nSPS) is 37.8. The topological polar surface area (TPSA) is 182 Å². The summed E-state index contributed by atoms with van der Waals surface area (Å²) in [4.78, 5) is 52.8. The maximum Gasteiger partial charge on any atom is 0.405 e. The summed E-state index contributed by atoms with van der Waals surface area (Å²) in [6.07, 6.45) is 4.42. The molecule has 2 heterocycles. The summed E-state index contributed by atoms with van der Waals surface area (Å²) in [6, 6.07) is -2.25. The number of carboxylic acid groups (broad SMARTS) is 1. The minimum Gasteiger partial charge on any atom is -0.465 e. The highest BCUT2D eigenvalue weighted by atomic mass is 32.2. The number of sulfonamides is 1. The highest BCUT2D eigenvalue weighted by molar-refractivity contribution is 7.91. The van der Waals surface area contributed by atoms with Gasteiger partial charge in [0.2, 0.25) is 21.8 Å². The fourth-order valence-corrected chi connectivity index (χ4v) is 6.93. The van der Waals surface area contributed by atoms with Crippen molar-refractivity contribution in [3.63, 3.8) is 0 Å². The summed E-state index contributed by atoms with van der Waals surface area (Å²) in [6.45, 7) is 3.63. The molecule has 7 atom stereocenters. The molecular formula is C24H36N4O8S. The molecule has 37 heavy (non-hydrogen) atoms. The number of aliphatic hydroxyl groups excluding tert-OH is 1. The van der Waals surface area contributed by atoms with Crippen LogP contribution < -0.4 is 15.4 Å². The van der Waals surface area contributed by atoms with Gasteiger partial charge in [-0.05, 0) is 50.4 Å². The van der Waals surface area contributed by atoms with Crippen LogP contribution in [-0.2, 0) is 24.4 Å². The van der Waals surface area contributed by atoms with E-state index in [1.807, 2.05) is 19.1 Å². The molecule has 13 heteroatoms. The van der Waals surface area contributed by atoms with Gasteiger partial charge in [0.1, 0.15) is 17.6 Å². The molecule has 3 fully saturated rings. The fourth-order valence-electron chi connectivity index (χ4n) is 5.56. The Hall–Kier alpha value is -2.67. The zero-order valence-corrected chi connectivity index (χ0v) is 21.9. The van der Waals surface area contributed by atoms with Gasteiger partial charge in [-0.25, -0.2) is 13.2 Å². The predicted octanol–water partition coefficient (Wildman–Crippen LogP) is 0.0800. The van der Waals surface area contributed by atoms with Crippen LogP contribution in [0.4, 0.5) is 4.79 Å². The van der Waals surface area contributed by atoms with Crippen LogP contribution in [0.25, 0.3) is 0 Å². The minimum atomic E-state index is -3.84. The molecule has 12 nitrogen and oxygen atoms in total. The quantitative estimate of drug-likeness (QED) is 0.311. The van der Waals surface area contributed by atoms with Crippen LogP contribution in [0.5, 0.6) is 0 Å². The number of hydrogen-bond donors (Lipinski definition) is 5. The van der Waals surface area contributed by atoms with Crippen LogP contribution in [0.2, 0.25) is 0 Å². The molecule has 1 unspecified atom stereocenters. The summed E-state index contributed by atoms with van der Waals surface area (Å²) in [5.74, 6) is -2.74. The maximum absolute atomic E-state index is 13.5. The van der Waals surface area contributed by atoms with Crippen molar-refractivity contribution in [2.24, 2.45) is 17.8 Å². The number of nitrogens with one attached hydrogen (secondary N) is 3. The number of carbonyl (C=O) groups excluding carboxylic acids is 3. The van der Waals surface area contributed by atoms with E-state index in [-0.39, 0.29) is 31.2 Å². The van der Waals surface area contributed by atoms with Crippen LogP contribution >= 0.6 is 0 Å². The van der Waals surface area contributed by atoms with Crippen LogP contribution in [0.3, 0.4) is 0 Å². The standard InChI is InChI=1S/C24H36N4O8S/c1-13-5-3-4-6-15-11-24(15,22(32)27-37(35,36)17-7-8-17)26-20(30)18-10-16(29)12-28(18)21(31)19(14(2)9-13)25-23(33)34/h4,6,13-19,25,29H,3,5,7-12H2,1-2H3,(H,26,30)(H,27,32)(H,33,34)/b6-4-/t13?,14-,15-,16-,18+,19+,24-/m1/s1. The Morgan fingerprint density at radius 3 is 2.51 bits per heavy atom. The summed E-state index contributed by atoms with van der Waals surface area (Å²) in [7, 11) is -3.84. The van der Waals surface area contributed by atoms with Gasteiger partial charge < -0.3 is 25.7 Å². The molecule has 4 amide bonds. The van der Waals surface area contributed by atoms with Gasteiger partial charge in [-0.1, -0.05) is 26.0 Å². The molecule has 206 valence electrons. The van der Waals surface area contributed by atoms with E-state index in [4.69, 9.17) is 0 Å². The SMILES string of the molecule is CC1CC/C=C\[C@@H]2C[C@@]2(C(=O)NS(=O)(=O)C2CC2)NC(=O)[C@@H]2C[C@@H](O)CN2C(=O)[C@@H](NC(=O)O)[C@H](C)C1. The van der Waals surface area contributed by atoms with Crippen LogP contribution in [-0.4, -0.2) is 82.9 Å². The van der Waals surface area contributed by atoms with E-state index in [0.29, 0.717) is 25.7 Å². The van der Waals surface area contributed by atoms with Gasteiger partial charge in [0.05, 0.1) is 11.4 Å². The molecule has 0 aromatic carbocycles. The molecule has 2 aliphatic heterocycles. The van der Waals surface area contributed by atoms with E-state index >= 15 is 0 Å². The number of allylic oxidation sites excluding steroid dienone is 1. The molecule has 0 aromatic rings. The Labute approximate surface area is 216 Å². The van der Waals surface area contributed by atoms with Gasteiger partial charge in [-0.2, -0.15) is 0 Å². The first-order valence-electron chi connectivity index (χ1n) is 12.9. The number of nitrogens with zero attached hydrogens (tertiary/aromatic N) is 1. The second kappa shape index (κ2) is 10.2. The van der Waals surface area contributed by atoms with Gasteiger partial charge in [0.15, 0.2) is 0 Å². The molecule has 1 saturated heterocycles. The van der Waals surface area contributed by atoms with Crippen LogP contribution in [0.1, 0.15) is 58.8 Å². The average Bonchev–Trinajstić information content (AvgIpc) is 3.72. The second-order valence-electron chi connectivity index (χ2n) is 11.1. The van der Waals surface area contributed by atoms with E-state index in [2.05, 4.69) is 15.4 Å². The van der Waals surface area contributed by atoms with Gasteiger partial charge in [0, 0.05) is 18.9 Å². The van der Waals surface area contributed by atoms with Gasteiger partial charge in [0.25, 0.3) is 5.91 Å². The molecule has 0 bridgehead atoms. The molecule has 5 N–H and O–H groups in total. The predicted molar refractivity (Wildman–Crippen MR) is 131 cm³/mol. The Morgan fingerprint density at radius 1 is 1.16 bits per heavy atom. The molecular weight excluding hydrogens is 504 g/mol. The molecule has 0 spiro atoms. The third-order valence-electron chi connectivity index (χ3n) is 7.91. The number of fused-ring (bicyclic) bond motifs is 2. The number of amides is 4. The molecule has 2 aliphatic carbocycles. The molecule has 4 rings (SSSR count). The maximum atomic E-state index is 13.5. The van der Waals surface area contributed by atoms with E-state index in [9.17, 15) is 37.8 Å². The monoisotopic (exact) mass is 540 g/mol. The van der Waals surface area contributed by atoms with Crippen molar-refractivity contribution >= 4 is 33.8 Å². The Bertz CT molecular complexity index is 1090. The smallest absolute Gasteiger partial charge is 0.405 e. The molecule has 0 aromatic heterocycles. The lowest BCUT2D eigenvalue weighted by molar-refractivity contribution is -0.142. The zero-order valence-electron chi connectivity index (χ0n) is 21.1. The van der Waals surface area contributed by atoms with Gasteiger partial charge in [-0.15, -0.1) is 0 Å². The van der Waals surface area contributed by atoms with Crippen molar-refractivity contribution in [1.82, 2.24) is 20.3 Å². The molecule has 2 saturated carbocycles. The third kappa shape index (κ3) is 5.92. The van der Waals surface area contributed by atoms with Crippen molar-refractivity contribution in [1.29, 1.82) is 0 Å². The lowest BCUT2D eigenvalue weighted by Crippen LogP contribution is -2.59. The van der Waals surface area contributed by atoms with Crippen molar-refractivity contribution in [3.05, 3.63) is 12.2 Å². The highest BCUT2D eigenvalue weighted by Crippen LogP contribution is 2.46. The fraction of sp³-hybridized carbons (Fsp3) is 0.750. The summed E-state index contributed by atoms with van der Waals surface area (Å²) < 4.78 is 27.0. The van der Waals surface area contributed by atoms with Crippen molar-refractivity contribution in [2.75, 3.05) is 6.54 Å². The van der Waals surface area contributed by atoms with E-state index in [0.717, 1.165) is 6.42 Å². The molecule has 0 radical (unpaired) electrons. The lowest BCUT2D eigenvalue weighted by Gasteiger charge is -2.32. The van der Waals surface area contributed by atoms with E-state index < -0.39 is 68.7 Å².